The van der Waals surface area contributed by atoms with E-state index in [0.717, 1.165) is 78.8 Å². The first-order chi connectivity index (χ1) is 26.3. The molecule has 0 aliphatic heterocycles. The van der Waals surface area contributed by atoms with Gasteiger partial charge >= 0.3 is 0 Å². The molecule has 0 fully saturated rings. The van der Waals surface area contributed by atoms with Gasteiger partial charge in [0.15, 0.2) is 17.5 Å². The Morgan fingerprint density at radius 3 is 2.04 bits per heavy atom. The number of rotatable bonds is 4. The van der Waals surface area contributed by atoms with Crippen LogP contribution >= 0.6 is 0 Å². The standard InChI is InChI=1S/C49H31N3O/c1-2-14-31(15-3-1)47-50-48(52-49(51-47)42-28-33-26-25-30-13-4-7-18-36(30)45(33)38-20-9-8-19-37(38)42)34-27-32-16-5-6-17-35(32)41(29-34)39-22-12-24-44-46(39)40-21-10-11-23-43(40)53-44/h1-3,5-12,14-29H,4,13H2. The molecule has 0 spiro atoms. The zero-order valence-electron chi connectivity index (χ0n) is 28.8. The molecule has 1 aliphatic carbocycles. The van der Waals surface area contributed by atoms with Crippen molar-refractivity contribution in [3.63, 3.8) is 0 Å². The molecule has 4 nitrogen and oxygen atoms in total. The fourth-order valence-corrected chi connectivity index (χ4v) is 8.31. The van der Waals surface area contributed by atoms with Gasteiger partial charge in [-0.25, -0.2) is 15.0 Å². The summed E-state index contributed by atoms with van der Waals surface area (Å²) in [5.74, 6) is 1.92. The molecule has 11 rings (SSSR count). The maximum Gasteiger partial charge on any atom is 0.164 e. The van der Waals surface area contributed by atoms with Crippen molar-refractivity contribution < 1.29 is 4.42 Å². The molecule has 4 heteroatoms. The van der Waals surface area contributed by atoms with E-state index in [1.807, 2.05) is 30.3 Å². The van der Waals surface area contributed by atoms with Gasteiger partial charge in [-0.1, -0.05) is 133 Å². The van der Waals surface area contributed by atoms with Gasteiger partial charge in [0, 0.05) is 27.5 Å². The van der Waals surface area contributed by atoms with Crippen molar-refractivity contribution in [2.24, 2.45) is 0 Å². The minimum absolute atomic E-state index is 0.627. The lowest BCUT2D eigenvalue weighted by Crippen LogP contribution is -2.02. The fraction of sp³-hybridized carbons (Fsp3) is 0.0408. The average molecular weight is 678 g/mol. The molecule has 248 valence electrons. The maximum atomic E-state index is 6.33. The van der Waals surface area contributed by atoms with E-state index in [1.165, 1.54) is 27.3 Å². The zero-order chi connectivity index (χ0) is 34.9. The van der Waals surface area contributed by atoms with Crippen molar-refractivity contribution in [1.29, 1.82) is 0 Å². The summed E-state index contributed by atoms with van der Waals surface area (Å²) >= 11 is 0. The number of allylic oxidation sites excluding steroid dienone is 1. The number of nitrogens with zero attached hydrogens (tertiary/aromatic N) is 3. The molecule has 53 heavy (non-hydrogen) atoms. The van der Waals surface area contributed by atoms with Crippen LogP contribution in [0.15, 0.2) is 162 Å². The molecule has 1 aliphatic rings. The Labute approximate surface area is 305 Å². The second-order valence-electron chi connectivity index (χ2n) is 13.8. The summed E-state index contributed by atoms with van der Waals surface area (Å²) in [5, 5.41) is 9.27. The number of aryl methyl sites for hydroxylation is 1. The second-order valence-corrected chi connectivity index (χ2v) is 13.8. The number of fused-ring (bicyclic) bond motifs is 9. The number of aromatic nitrogens is 3. The van der Waals surface area contributed by atoms with E-state index in [-0.39, 0.29) is 0 Å². The monoisotopic (exact) mass is 677 g/mol. The van der Waals surface area contributed by atoms with Crippen molar-refractivity contribution >= 4 is 60.3 Å². The zero-order valence-corrected chi connectivity index (χ0v) is 28.8. The van der Waals surface area contributed by atoms with E-state index in [0.29, 0.717) is 17.5 Å². The largest absolute Gasteiger partial charge is 0.456 e. The number of furan rings is 1. The van der Waals surface area contributed by atoms with Gasteiger partial charge in [0.25, 0.3) is 0 Å². The minimum atomic E-state index is 0.627. The molecule has 0 N–H and O–H groups in total. The van der Waals surface area contributed by atoms with Crippen LogP contribution in [0.25, 0.3) is 106 Å². The molecule has 0 saturated heterocycles. The van der Waals surface area contributed by atoms with Crippen LogP contribution in [0.4, 0.5) is 0 Å². The van der Waals surface area contributed by atoms with Gasteiger partial charge in [0.1, 0.15) is 11.2 Å². The highest BCUT2D eigenvalue weighted by Crippen LogP contribution is 2.42. The van der Waals surface area contributed by atoms with Crippen LogP contribution < -0.4 is 0 Å². The molecule has 0 unspecified atom stereocenters. The third-order valence-electron chi connectivity index (χ3n) is 10.7. The predicted molar refractivity (Wildman–Crippen MR) is 219 cm³/mol. The van der Waals surface area contributed by atoms with E-state index in [1.54, 1.807) is 0 Å². The predicted octanol–water partition coefficient (Wildman–Crippen LogP) is 12.9. The normalized spacial score (nSPS) is 12.7. The van der Waals surface area contributed by atoms with Crippen LogP contribution in [-0.4, -0.2) is 15.0 Å². The van der Waals surface area contributed by atoms with E-state index in [4.69, 9.17) is 19.4 Å². The lowest BCUT2D eigenvalue weighted by Gasteiger charge is -2.17. The summed E-state index contributed by atoms with van der Waals surface area (Å²) in [4.78, 5) is 15.7. The molecule has 2 heterocycles. The third-order valence-corrected chi connectivity index (χ3v) is 10.7. The Bertz CT molecular complexity index is 3120. The van der Waals surface area contributed by atoms with E-state index in [2.05, 4.69) is 133 Å². The van der Waals surface area contributed by atoms with Gasteiger partial charge in [-0.05, 0) is 97.7 Å². The Kier molecular flexibility index (Phi) is 6.65. The molecule has 0 atom stereocenters. The summed E-state index contributed by atoms with van der Waals surface area (Å²) in [7, 11) is 0. The van der Waals surface area contributed by atoms with Crippen LogP contribution in [0.2, 0.25) is 0 Å². The maximum absolute atomic E-state index is 6.33. The Hall–Kier alpha value is -6.91. The van der Waals surface area contributed by atoms with Crippen LogP contribution in [0, 0.1) is 0 Å². The molecule has 2 aromatic heterocycles. The van der Waals surface area contributed by atoms with Crippen molar-refractivity contribution in [2.75, 3.05) is 0 Å². The lowest BCUT2D eigenvalue weighted by atomic mass is 9.88. The first kappa shape index (κ1) is 29.8. The summed E-state index contributed by atoms with van der Waals surface area (Å²) in [6.45, 7) is 0. The SMILES string of the molecule is C1=Cc2c(ccc3cc(-c4nc(-c5ccccc5)nc(-c5cc(-c6cccc7oc8ccccc8c67)c6ccccc6c5)n4)c4ccccc4c23)CC1. The Balaban J connectivity index is 1.19. The number of para-hydroxylation sites is 1. The van der Waals surface area contributed by atoms with Gasteiger partial charge in [0.05, 0.1) is 0 Å². The molecule has 0 saturated carbocycles. The first-order valence-corrected chi connectivity index (χ1v) is 18.2. The highest BCUT2D eigenvalue weighted by molar-refractivity contribution is 6.17. The molecule has 0 amide bonds. The number of benzene rings is 8. The highest BCUT2D eigenvalue weighted by atomic mass is 16.3. The van der Waals surface area contributed by atoms with Crippen molar-refractivity contribution in [3.8, 4) is 45.3 Å². The van der Waals surface area contributed by atoms with Crippen molar-refractivity contribution in [1.82, 2.24) is 15.0 Å². The summed E-state index contributed by atoms with van der Waals surface area (Å²) in [6, 6.07) is 53.3. The molecule has 0 radical (unpaired) electrons. The minimum Gasteiger partial charge on any atom is -0.456 e. The second kappa shape index (κ2) is 11.8. The quantitative estimate of drug-likeness (QED) is 0.174. The van der Waals surface area contributed by atoms with Gasteiger partial charge in [-0.15, -0.1) is 0 Å². The summed E-state index contributed by atoms with van der Waals surface area (Å²) in [5.41, 5.74) is 9.54. The van der Waals surface area contributed by atoms with Gasteiger partial charge in [-0.3, -0.25) is 0 Å². The van der Waals surface area contributed by atoms with Crippen molar-refractivity contribution in [2.45, 2.75) is 12.8 Å². The van der Waals surface area contributed by atoms with Gasteiger partial charge < -0.3 is 4.42 Å². The van der Waals surface area contributed by atoms with Gasteiger partial charge in [-0.2, -0.15) is 0 Å². The van der Waals surface area contributed by atoms with Crippen LogP contribution in [0.1, 0.15) is 17.5 Å². The molecule has 8 aromatic carbocycles. The Morgan fingerprint density at radius 2 is 1.15 bits per heavy atom. The third kappa shape index (κ3) is 4.80. The van der Waals surface area contributed by atoms with E-state index >= 15 is 0 Å². The Morgan fingerprint density at radius 1 is 0.434 bits per heavy atom. The first-order valence-electron chi connectivity index (χ1n) is 18.2. The van der Waals surface area contributed by atoms with Crippen molar-refractivity contribution in [3.05, 3.63) is 169 Å². The van der Waals surface area contributed by atoms with Crippen LogP contribution in [-0.2, 0) is 6.42 Å². The fourth-order valence-electron chi connectivity index (χ4n) is 8.31. The van der Waals surface area contributed by atoms with Gasteiger partial charge in [0.2, 0.25) is 0 Å². The molecule has 10 aromatic rings. The lowest BCUT2D eigenvalue weighted by molar-refractivity contribution is 0.669. The smallest absolute Gasteiger partial charge is 0.164 e. The highest BCUT2D eigenvalue weighted by Gasteiger charge is 2.20. The van der Waals surface area contributed by atoms with Crippen LogP contribution in [0.3, 0.4) is 0 Å². The number of hydrogen-bond acceptors (Lipinski definition) is 4. The summed E-state index contributed by atoms with van der Waals surface area (Å²) in [6.07, 6.45) is 6.73. The topological polar surface area (TPSA) is 51.8 Å². The number of hydrogen-bond donors (Lipinski definition) is 0. The van der Waals surface area contributed by atoms with E-state index < -0.39 is 0 Å². The van der Waals surface area contributed by atoms with E-state index in [9.17, 15) is 0 Å². The molecular formula is C49H31N3O. The molecule has 0 bridgehead atoms. The summed E-state index contributed by atoms with van der Waals surface area (Å²) < 4.78 is 6.33. The average Bonchev–Trinajstić information content (AvgIpc) is 3.62. The molecular weight excluding hydrogens is 647 g/mol. The van der Waals surface area contributed by atoms with Crippen LogP contribution in [0.5, 0.6) is 0 Å².